The molecule has 0 radical (unpaired) electrons. The minimum atomic E-state index is -3.87. The number of aryl methyl sites for hydroxylation is 2. The molecule has 9 nitrogen and oxygen atoms in total. The van der Waals surface area contributed by atoms with Crippen molar-refractivity contribution in [2.24, 2.45) is 7.05 Å². The van der Waals surface area contributed by atoms with E-state index in [0.29, 0.717) is 38.0 Å². The highest BCUT2D eigenvalue weighted by Gasteiger charge is 2.22. The summed E-state index contributed by atoms with van der Waals surface area (Å²) < 4.78 is 36.2. The molecule has 188 valence electrons. The Labute approximate surface area is 213 Å². The molecular formula is C23H25Cl2N3O6S. The number of nitrogens with one attached hydrogen (secondary N) is 1. The van der Waals surface area contributed by atoms with Crippen LogP contribution in [0.5, 0.6) is 0 Å². The van der Waals surface area contributed by atoms with Crippen LogP contribution in [-0.4, -0.2) is 55.9 Å². The van der Waals surface area contributed by atoms with Gasteiger partial charge in [-0.1, -0.05) is 35.3 Å². The van der Waals surface area contributed by atoms with Crippen LogP contribution in [0.25, 0.3) is 11.0 Å². The standard InChI is InChI=1S/C23H25Cl2N3O6S/c1-13(15-5-7-16(8-6-15)35(31,32)12-19(29)34-10-9-33-4)27-23(30)18-11-17-21(25)20(24)14(2)26-22(17)28(18)3/h5-8,11,13H,9-10,12H2,1-4H3,(H,27,30). The van der Waals surface area contributed by atoms with E-state index in [1.807, 2.05) is 0 Å². The molecule has 0 aliphatic heterocycles. The number of aromatic nitrogens is 2. The number of fused-ring (bicyclic) bond motifs is 1. The number of halogens is 2. The van der Waals surface area contributed by atoms with E-state index >= 15 is 0 Å². The van der Waals surface area contributed by atoms with Gasteiger partial charge in [0.1, 0.15) is 17.9 Å². The summed E-state index contributed by atoms with van der Waals surface area (Å²) in [5.41, 5.74) is 2.11. The molecular weight excluding hydrogens is 517 g/mol. The molecule has 0 fully saturated rings. The van der Waals surface area contributed by atoms with Crippen molar-refractivity contribution in [1.82, 2.24) is 14.9 Å². The van der Waals surface area contributed by atoms with Gasteiger partial charge in [-0.05, 0) is 37.6 Å². The van der Waals surface area contributed by atoms with E-state index in [1.165, 1.54) is 19.2 Å². The Bertz CT molecular complexity index is 1370. The van der Waals surface area contributed by atoms with Crippen molar-refractivity contribution < 1.29 is 27.5 Å². The predicted molar refractivity (Wildman–Crippen MR) is 133 cm³/mol. The van der Waals surface area contributed by atoms with Crippen molar-refractivity contribution in [3.05, 3.63) is 57.3 Å². The minimum absolute atomic E-state index is 0.0212. The third kappa shape index (κ3) is 5.95. The van der Waals surface area contributed by atoms with Crippen molar-refractivity contribution >= 4 is 55.9 Å². The monoisotopic (exact) mass is 541 g/mol. The number of hydrogen-bond donors (Lipinski definition) is 1. The number of methoxy groups -OCH3 is 1. The molecule has 0 saturated heterocycles. The molecule has 1 amide bonds. The van der Waals surface area contributed by atoms with Crippen LogP contribution in [0.15, 0.2) is 35.2 Å². The number of rotatable bonds is 9. The molecule has 0 bridgehead atoms. The lowest BCUT2D eigenvalue weighted by molar-refractivity contribution is -0.141. The van der Waals surface area contributed by atoms with Gasteiger partial charge in [-0.25, -0.2) is 13.4 Å². The zero-order valence-corrected chi connectivity index (χ0v) is 21.9. The topological polar surface area (TPSA) is 117 Å². The maximum atomic E-state index is 13.0. The number of hydrogen-bond acceptors (Lipinski definition) is 7. The Morgan fingerprint density at radius 3 is 2.43 bits per heavy atom. The molecule has 0 aliphatic rings. The molecule has 12 heteroatoms. The third-order valence-corrected chi connectivity index (χ3v) is 7.96. The Morgan fingerprint density at radius 2 is 1.80 bits per heavy atom. The van der Waals surface area contributed by atoms with Crippen LogP contribution in [0.3, 0.4) is 0 Å². The van der Waals surface area contributed by atoms with Gasteiger partial charge in [0.05, 0.1) is 33.3 Å². The lowest BCUT2D eigenvalue weighted by Gasteiger charge is -2.15. The van der Waals surface area contributed by atoms with Gasteiger partial charge in [-0.2, -0.15) is 0 Å². The highest BCUT2D eigenvalue weighted by molar-refractivity contribution is 7.92. The van der Waals surface area contributed by atoms with Crippen molar-refractivity contribution in [3.63, 3.8) is 0 Å². The number of sulfone groups is 1. The summed E-state index contributed by atoms with van der Waals surface area (Å²) in [6, 6.07) is 7.13. The molecule has 3 rings (SSSR count). The van der Waals surface area contributed by atoms with Gasteiger partial charge in [-0.15, -0.1) is 0 Å². The number of benzene rings is 1. The summed E-state index contributed by atoms with van der Waals surface area (Å²) >= 11 is 12.5. The molecule has 35 heavy (non-hydrogen) atoms. The van der Waals surface area contributed by atoms with Crippen LogP contribution in [0.2, 0.25) is 10.0 Å². The highest BCUT2D eigenvalue weighted by atomic mass is 35.5. The van der Waals surface area contributed by atoms with Gasteiger partial charge < -0.3 is 19.4 Å². The third-order valence-electron chi connectivity index (χ3n) is 5.40. The van der Waals surface area contributed by atoms with Crippen LogP contribution >= 0.6 is 23.2 Å². The van der Waals surface area contributed by atoms with Crippen LogP contribution in [0.1, 0.15) is 34.7 Å². The molecule has 2 heterocycles. The van der Waals surface area contributed by atoms with Gasteiger partial charge in [0, 0.05) is 19.5 Å². The molecule has 2 aromatic heterocycles. The Hall–Kier alpha value is -2.66. The first-order valence-electron chi connectivity index (χ1n) is 10.6. The number of amides is 1. The number of pyridine rings is 1. The molecule has 0 aliphatic carbocycles. The number of carbonyl (C=O) groups excluding carboxylic acids is 2. The molecule has 1 atom stereocenters. The van der Waals surface area contributed by atoms with Crippen LogP contribution in [0, 0.1) is 6.92 Å². The van der Waals surface area contributed by atoms with E-state index in [1.54, 1.807) is 43.7 Å². The van der Waals surface area contributed by atoms with Gasteiger partial charge in [-0.3, -0.25) is 9.59 Å². The predicted octanol–water partition coefficient (Wildman–Crippen LogP) is 3.64. The van der Waals surface area contributed by atoms with Gasteiger partial charge in [0.25, 0.3) is 5.91 Å². The highest BCUT2D eigenvalue weighted by Crippen LogP contribution is 2.33. The SMILES string of the molecule is COCCOC(=O)CS(=O)(=O)c1ccc(C(C)NC(=O)c2cc3c(Cl)c(Cl)c(C)nc3n2C)cc1. The second-order valence-corrected chi connectivity index (χ2v) is 10.6. The van der Waals surface area contributed by atoms with Crippen molar-refractivity contribution in [3.8, 4) is 0 Å². The lowest BCUT2D eigenvalue weighted by Crippen LogP contribution is -2.28. The Balaban J connectivity index is 1.72. The van der Waals surface area contributed by atoms with Crippen molar-refractivity contribution in [2.45, 2.75) is 24.8 Å². The van der Waals surface area contributed by atoms with Gasteiger partial charge in [0.2, 0.25) is 0 Å². The van der Waals surface area contributed by atoms with E-state index in [4.69, 9.17) is 32.7 Å². The maximum Gasteiger partial charge on any atom is 0.321 e. The number of ether oxygens (including phenoxy) is 2. The zero-order valence-electron chi connectivity index (χ0n) is 19.6. The molecule has 0 spiro atoms. The maximum absolute atomic E-state index is 13.0. The largest absolute Gasteiger partial charge is 0.462 e. The molecule has 1 N–H and O–H groups in total. The average molecular weight is 542 g/mol. The quantitative estimate of drug-likeness (QED) is 0.324. The van der Waals surface area contributed by atoms with E-state index < -0.39 is 27.6 Å². The summed E-state index contributed by atoms with van der Waals surface area (Å²) in [5.74, 6) is -1.99. The second kappa shape index (κ2) is 10.9. The normalized spacial score (nSPS) is 12.5. The first-order chi connectivity index (χ1) is 16.5. The van der Waals surface area contributed by atoms with Gasteiger partial charge in [0.15, 0.2) is 15.6 Å². The van der Waals surface area contributed by atoms with Crippen LogP contribution < -0.4 is 5.32 Å². The Morgan fingerprint density at radius 1 is 1.14 bits per heavy atom. The fourth-order valence-electron chi connectivity index (χ4n) is 3.43. The van der Waals surface area contributed by atoms with Gasteiger partial charge >= 0.3 is 5.97 Å². The molecule has 1 aromatic carbocycles. The van der Waals surface area contributed by atoms with Crippen LogP contribution in [-0.2, 0) is 31.2 Å². The second-order valence-electron chi connectivity index (χ2n) is 7.89. The smallest absolute Gasteiger partial charge is 0.321 e. The summed E-state index contributed by atoms with van der Waals surface area (Å²) in [6.07, 6.45) is 0. The molecule has 1 unspecified atom stereocenters. The van der Waals surface area contributed by atoms with Crippen molar-refractivity contribution in [2.75, 3.05) is 26.1 Å². The number of nitrogens with zero attached hydrogens (tertiary/aromatic N) is 2. The fraction of sp³-hybridized carbons (Fsp3) is 0.348. The zero-order chi connectivity index (χ0) is 25.9. The first kappa shape index (κ1) is 26.9. The lowest BCUT2D eigenvalue weighted by atomic mass is 10.1. The Kier molecular flexibility index (Phi) is 8.42. The number of carbonyl (C=O) groups is 2. The van der Waals surface area contributed by atoms with E-state index in [0.717, 1.165) is 0 Å². The van der Waals surface area contributed by atoms with Crippen LogP contribution in [0.4, 0.5) is 0 Å². The summed E-state index contributed by atoms with van der Waals surface area (Å²) in [6.45, 7) is 3.66. The molecule has 0 saturated carbocycles. The summed E-state index contributed by atoms with van der Waals surface area (Å²) in [4.78, 5) is 29.1. The first-order valence-corrected chi connectivity index (χ1v) is 13.0. The van der Waals surface area contributed by atoms with Crippen molar-refractivity contribution in [1.29, 1.82) is 0 Å². The fourth-order valence-corrected chi connectivity index (χ4v) is 4.96. The van der Waals surface area contributed by atoms with E-state index in [2.05, 4.69) is 10.3 Å². The number of esters is 1. The minimum Gasteiger partial charge on any atom is -0.462 e. The van der Waals surface area contributed by atoms with E-state index in [9.17, 15) is 18.0 Å². The average Bonchev–Trinajstić information content (AvgIpc) is 3.14. The van der Waals surface area contributed by atoms with E-state index in [-0.39, 0.29) is 24.0 Å². The summed E-state index contributed by atoms with van der Waals surface area (Å²) in [5, 5.41) is 4.12. The molecule has 3 aromatic rings. The summed E-state index contributed by atoms with van der Waals surface area (Å²) in [7, 11) is -0.721.